The van der Waals surface area contributed by atoms with Crippen molar-refractivity contribution in [2.75, 3.05) is 0 Å². The smallest absolute Gasteiger partial charge is 0.261 e. The van der Waals surface area contributed by atoms with Crippen molar-refractivity contribution in [2.45, 2.75) is 38.9 Å². The van der Waals surface area contributed by atoms with Crippen molar-refractivity contribution >= 4 is 28.1 Å². The van der Waals surface area contributed by atoms with Crippen LogP contribution < -0.4 is 16.6 Å². The van der Waals surface area contributed by atoms with Crippen LogP contribution in [0.2, 0.25) is 0 Å². The Labute approximate surface area is 190 Å². The van der Waals surface area contributed by atoms with E-state index < -0.39 is 5.91 Å². The van der Waals surface area contributed by atoms with E-state index in [9.17, 15) is 9.59 Å². The second-order valence-electron chi connectivity index (χ2n) is 8.05. The summed E-state index contributed by atoms with van der Waals surface area (Å²) >= 11 is 1.67. The van der Waals surface area contributed by atoms with Crippen LogP contribution in [0.1, 0.15) is 47.6 Å². The lowest BCUT2D eigenvalue weighted by molar-refractivity contribution is -0.118. The highest BCUT2D eigenvalue weighted by Crippen LogP contribution is 2.28. The molecule has 0 saturated heterocycles. The van der Waals surface area contributed by atoms with E-state index in [-0.39, 0.29) is 18.1 Å². The Morgan fingerprint density at radius 2 is 1.78 bits per heavy atom. The monoisotopic (exact) mass is 446 g/mol. The Kier molecular flexibility index (Phi) is 6.48. The highest BCUT2D eigenvalue weighted by Gasteiger charge is 2.18. The van der Waals surface area contributed by atoms with E-state index in [0.717, 1.165) is 10.4 Å². The van der Waals surface area contributed by atoms with E-state index in [1.165, 1.54) is 10.1 Å². The molecule has 0 unspecified atom stereocenters. The molecule has 4 rings (SSSR count). The third-order valence-electron chi connectivity index (χ3n) is 5.48. The number of para-hydroxylation sites is 1. The summed E-state index contributed by atoms with van der Waals surface area (Å²) in [6, 6.07) is 19.8. The molecule has 7 heteroatoms. The Morgan fingerprint density at radius 3 is 2.44 bits per heavy atom. The van der Waals surface area contributed by atoms with Crippen molar-refractivity contribution in [2.24, 2.45) is 5.73 Å². The molecule has 3 N–H and O–H groups in total. The van der Waals surface area contributed by atoms with Crippen LogP contribution in [0.15, 0.2) is 70.8 Å². The number of nitrogens with one attached hydrogen (secondary N) is 1. The fourth-order valence-corrected chi connectivity index (χ4v) is 4.60. The van der Waals surface area contributed by atoms with Gasteiger partial charge in [0.25, 0.3) is 5.56 Å². The summed E-state index contributed by atoms with van der Waals surface area (Å²) in [6.45, 7) is 4.45. The van der Waals surface area contributed by atoms with Crippen LogP contribution in [0.4, 0.5) is 0 Å². The summed E-state index contributed by atoms with van der Waals surface area (Å²) in [6.07, 6.45) is 0. The number of carbonyl (C=O) groups is 1. The largest absolute Gasteiger partial charge is 0.368 e. The maximum Gasteiger partial charge on any atom is 0.261 e. The SMILES string of the molecule is CC(C)c1ccc([C@@H](NCc2nc3ccccc3c(=O)n2CC(N)=O)c2cccs2)cc1. The van der Waals surface area contributed by atoms with Gasteiger partial charge in [0.05, 0.1) is 23.5 Å². The maximum absolute atomic E-state index is 13.0. The van der Waals surface area contributed by atoms with Crippen molar-refractivity contribution in [1.82, 2.24) is 14.9 Å². The van der Waals surface area contributed by atoms with Crippen LogP contribution >= 0.6 is 11.3 Å². The number of fused-ring (bicyclic) bond motifs is 1. The maximum atomic E-state index is 13.0. The first kappa shape index (κ1) is 21.9. The first-order chi connectivity index (χ1) is 15.4. The molecular weight excluding hydrogens is 420 g/mol. The molecule has 6 nitrogen and oxygen atoms in total. The predicted molar refractivity (Wildman–Crippen MR) is 129 cm³/mol. The lowest BCUT2D eigenvalue weighted by atomic mass is 9.98. The van der Waals surface area contributed by atoms with Gasteiger partial charge in [-0.25, -0.2) is 4.98 Å². The van der Waals surface area contributed by atoms with E-state index >= 15 is 0 Å². The molecule has 2 aromatic carbocycles. The molecule has 0 saturated carbocycles. The topological polar surface area (TPSA) is 90.0 Å². The van der Waals surface area contributed by atoms with E-state index in [1.54, 1.807) is 29.5 Å². The second kappa shape index (κ2) is 9.46. The molecule has 2 aromatic heterocycles. The molecule has 0 spiro atoms. The summed E-state index contributed by atoms with van der Waals surface area (Å²) in [4.78, 5) is 30.5. The molecule has 0 aliphatic heterocycles. The van der Waals surface area contributed by atoms with Gasteiger partial charge in [-0.2, -0.15) is 0 Å². The van der Waals surface area contributed by atoms with Crippen LogP contribution in [-0.2, 0) is 17.9 Å². The minimum absolute atomic E-state index is 0.0680. The summed E-state index contributed by atoms with van der Waals surface area (Å²) in [5.74, 6) is 0.361. The van der Waals surface area contributed by atoms with Gasteiger partial charge >= 0.3 is 0 Å². The van der Waals surface area contributed by atoms with Crippen molar-refractivity contribution in [3.8, 4) is 0 Å². The number of benzene rings is 2. The van der Waals surface area contributed by atoms with Gasteiger partial charge in [0.2, 0.25) is 5.91 Å². The number of hydrogen-bond donors (Lipinski definition) is 2. The van der Waals surface area contributed by atoms with Crippen molar-refractivity contribution in [3.05, 3.63) is 98.2 Å². The third kappa shape index (κ3) is 4.64. The summed E-state index contributed by atoms with van der Waals surface area (Å²) in [7, 11) is 0. The van der Waals surface area contributed by atoms with Gasteiger partial charge in [-0.3, -0.25) is 19.5 Å². The van der Waals surface area contributed by atoms with Crippen LogP contribution in [-0.4, -0.2) is 15.5 Å². The number of hydrogen-bond acceptors (Lipinski definition) is 5. The van der Waals surface area contributed by atoms with Gasteiger partial charge in [-0.05, 0) is 40.6 Å². The highest BCUT2D eigenvalue weighted by atomic mass is 32.1. The van der Waals surface area contributed by atoms with Crippen molar-refractivity contribution in [3.63, 3.8) is 0 Å². The number of aromatic nitrogens is 2. The minimum atomic E-state index is -0.579. The number of rotatable bonds is 8. The van der Waals surface area contributed by atoms with Crippen LogP contribution in [0.3, 0.4) is 0 Å². The average molecular weight is 447 g/mol. The van der Waals surface area contributed by atoms with E-state index in [1.807, 2.05) is 17.5 Å². The normalized spacial score (nSPS) is 12.3. The molecule has 1 amide bonds. The molecule has 0 fully saturated rings. The van der Waals surface area contributed by atoms with Gasteiger partial charge in [0.1, 0.15) is 12.4 Å². The Bertz CT molecular complexity index is 1280. The van der Waals surface area contributed by atoms with Gasteiger partial charge in [-0.1, -0.05) is 56.3 Å². The van der Waals surface area contributed by atoms with Crippen molar-refractivity contribution in [1.29, 1.82) is 0 Å². The lowest BCUT2D eigenvalue weighted by Gasteiger charge is -2.20. The number of nitrogens with zero attached hydrogens (tertiary/aromatic N) is 2. The van der Waals surface area contributed by atoms with Crippen LogP contribution in [0.25, 0.3) is 10.9 Å². The lowest BCUT2D eigenvalue weighted by Crippen LogP contribution is -2.34. The number of nitrogens with two attached hydrogens (primary N) is 1. The first-order valence-electron chi connectivity index (χ1n) is 10.6. The quantitative estimate of drug-likeness (QED) is 0.429. The van der Waals surface area contributed by atoms with Gasteiger partial charge in [0.15, 0.2) is 0 Å². The Balaban J connectivity index is 1.70. The molecule has 2 heterocycles. The fraction of sp³-hybridized carbons (Fsp3) is 0.240. The molecule has 1 atom stereocenters. The predicted octanol–water partition coefficient (Wildman–Crippen LogP) is 3.95. The number of carbonyl (C=O) groups excluding carboxylic acids is 1. The first-order valence-corrected chi connectivity index (χ1v) is 11.5. The molecular formula is C25H26N4O2S. The standard InChI is InChI=1S/C25H26N4O2S/c1-16(2)17-9-11-18(12-10-17)24(21-8-5-13-32-21)27-14-23-28-20-7-4-3-6-19(20)25(31)29(23)15-22(26)30/h3-13,16,24,27H,14-15H2,1-2H3,(H2,26,30)/t24-/m1/s1. The van der Waals surface area contributed by atoms with E-state index in [0.29, 0.717) is 29.2 Å². The van der Waals surface area contributed by atoms with E-state index in [4.69, 9.17) is 5.73 Å². The van der Waals surface area contributed by atoms with E-state index in [2.05, 4.69) is 54.5 Å². The minimum Gasteiger partial charge on any atom is -0.368 e. The van der Waals surface area contributed by atoms with Crippen LogP contribution in [0.5, 0.6) is 0 Å². The summed E-state index contributed by atoms with van der Waals surface area (Å²) in [5, 5.41) is 6.06. The Morgan fingerprint density at radius 1 is 1.06 bits per heavy atom. The van der Waals surface area contributed by atoms with Crippen molar-refractivity contribution < 1.29 is 4.79 Å². The van der Waals surface area contributed by atoms with Gasteiger partial charge < -0.3 is 5.73 Å². The number of primary amides is 1. The average Bonchev–Trinajstić information content (AvgIpc) is 3.31. The molecule has 164 valence electrons. The molecule has 0 aliphatic rings. The number of amides is 1. The number of thiophene rings is 1. The fourth-order valence-electron chi connectivity index (χ4n) is 3.77. The second-order valence-corrected chi connectivity index (χ2v) is 9.03. The Hall–Kier alpha value is -3.29. The summed E-state index contributed by atoms with van der Waals surface area (Å²) in [5.41, 5.74) is 8.17. The zero-order valence-corrected chi connectivity index (χ0v) is 18.9. The molecule has 0 radical (unpaired) electrons. The molecule has 4 aromatic rings. The van der Waals surface area contributed by atoms with Gasteiger partial charge in [0, 0.05) is 4.88 Å². The zero-order chi connectivity index (χ0) is 22.7. The molecule has 0 aliphatic carbocycles. The summed E-state index contributed by atoms with van der Waals surface area (Å²) < 4.78 is 1.37. The highest BCUT2D eigenvalue weighted by molar-refractivity contribution is 7.10. The molecule has 32 heavy (non-hydrogen) atoms. The van der Waals surface area contributed by atoms with Crippen LogP contribution in [0, 0.1) is 0 Å². The third-order valence-corrected chi connectivity index (χ3v) is 6.42. The zero-order valence-electron chi connectivity index (χ0n) is 18.1. The molecule has 0 bridgehead atoms. The van der Waals surface area contributed by atoms with Gasteiger partial charge in [-0.15, -0.1) is 11.3 Å².